The van der Waals surface area contributed by atoms with Crippen LogP contribution in [0, 0.1) is 0 Å². The molecule has 144 valence electrons. The summed E-state index contributed by atoms with van der Waals surface area (Å²) in [6.07, 6.45) is 3.77. The van der Waals surface area contributed by atoms with Crippen molar-refractivity contribution >= 4 is 17.7 Å². The predicted molar refractivity (Wildman–Crippen MR) is 103 cm³/mol. The zero-order valence-electron chi connectivity index (χ0n) is 15.8. The first-order valence-electron chi connectivity index (χ1n) is 9.48. The summed E-state index contributed by atoms with van der Waals surface area (Å²) in [5.41, 5.74) is 0.347. The second-order valence-electron chi connectivity index (χ2n) is 7.47. The molecule has 2 aliphatic rings. The second kappa shape index (κ2) is 7.94. The molecule has 2 saturated heterocycles. The second-order valence-corrected chi connectivity index (χ2v) is 7.47. The van der Waals surface area contributed by atoms with Gasteiger partial charge in [0.15, 0.2) is 0 Å². The lowest BCUT2D eigenvalue weighted by Crippen LogP contribution is -2.54. The Morgan fingerprint density at radius 1 is 1.30 bits per heavy atom. The Morgan fingerprint density at radius 2 is 1.96 bits per heavy atom. The van der Waals surface area contributed by atoms with Gasteiger partial charge in [-0.05, 0) is 30.9 Å². The monoisotopic (exact) mass is 369 g/mol. The van der Waals surface area contributed by atoms with Crippen LogP contribution in [0.15, 0.2) is 43.0 Å². The van der Waals surface area contributed by atoms with Crippen LogP contribution < -0.4 is 5.32 Å². The van der Waals surface area contributed by atoms with Crippen molar-refractivity contribution in [3.63, 3.8) is 0 Å². The Labute approximate surface area is 160 Å². The first-order valence-corrected chi connectivity index (χ1v) is 9.48. The molecule has 0 bridgehead atoms. The molecule has 1 aromatic carbocycles. The summed E-state index contributed by atoms with van der Waals surface area (Å²) < 4.78 is 0. The molecule has 2 heterocycles. The zero-order chi connectivity index (χ0) is 19.4. The molecule has 6 heteroatoms. The molecule has 0 saturated carbocycles. The molecule has 2 aliphatic heterocycles. The first kappa shape index (κ1) is 19.1. The number of hydrogen-bond acceptors (Lipinski definition) is 3. The molecule has 1 N–H and O–H groups in total. The Morgan fingerprint density at radius 3 is 2.52 bits per heavy atom. The zero-order valence-corrected chi connectivity index (χ0v) is 15.8. The fraction of sp³-hybridized carbons (Fsp3) is 0.476. The summed E-state index contributed by atoms with van der Waals surface area (Å²) in [4.78, 5) is 40.4. The molecule has 0 spiro atoms. The molecular weight excluding hydrogens is 342 g/mol. The summed E-state index contributed by atoms with van der Waals surface area (Å²) in [6.45, 7) is 5.12. The molecular formula is C21H27N3O3. The molecule has 3 rings (SSSR count). The van der Waals surface area contributed by atoms with Gasteiger partial charge < -0.3 is 15.1 Å². The van der Waals surface area contributed by atoms with Gasteiger partial charge in [-0.2, -0.15) is 0 Å². The Bertz CT molecular complexity index is 723. The van der Waals surface area contributed by atoms with E-state index in [4.69, 9.17) is 0 Å². The van der Waals surface area contributed by atoms with Crippen LogP contribution in [0.25, 0.3) is 0 Å². The van der Waals surface area contributed by atoms with Crippen molar-refractivity contribution in [3.05, 3.63) is 48.6 Å². The van der Waals surface area contributed by atoms with Crippen molar-refractivity contribution in [1.82, 2.24) is 15.1 Å². The summed E-state index contributed by atoms with van der Waals surface area (Å²) >= 11 is 0. The van der Waals surface area contributed by atoms with Gasteiger partial charge in [0.25, 0.3) is 0 Å². The minimum atomic E-state index is -0.642. The number of likely N-dealkylation sites (tertiary alicyclic amines) is 1. The van der Waals surface area contributed by atoms with Crippen molar-refractivity contribution in [1.29, 1.82) is 0 Å². The van der Waals surface area contributed by atoms with Crippen LogP contribution in [0.1, 0.15) is 31.2 Å². The third-order valence-electron chi connectivity index (χ3n) is 5.76. The first-order chi connectivity index (χ1) is 13.0. The van der Waals surface area contributed by atoms with Gasteiger partial charge in [0, 0.05) is 39.1 Å². The molecule has 0 unspecified atom stereocenters. The van der Waals surface area contributed by atoms with E-state index in [-0.39, 0.29) is 23.8 Å². The van der Waals surface area contributed by atoms with Crippen LogP contribution >= 0.6 is 0 Å². The molecule has 2 fully saturated rings. The SMILES string of the molecule is C=CC(=O)N1CCC(C(=O)N(C)C[C@@H]2CCC(=O)N2)(c2ccccc2)CC1. The minimum Gasteiger partial charge on any atom is -0.352 e. The van der Waals surface area contributed by atoms with Gasteiger partial charge >= 0.3 is 0 Å². The number of carbonyl (C=O) groups excluding carboxylic acids is 3. The van der Waals surface area contributed by atoms with Crippen molar-refractivity contribution in [3.8, 4) is 0 Å². The number of benzene rings is 1. The maximum Gasteiger partial charge on any atom is 0.245 e. The minimum absolute atomic E-state index is 0.0155. The molecule has 0 radical (unpaired) electrons. The molecule has 3 amide bonds. The van der Waals surface area contributed by atoms with Crippen LogP contribution in [-0.4, -0.2) is 60.2 Å². The van der Waals surface area contributed by atoms with Gasteiger partial charge in [0.2, 0.25) is 17.7 Å². The van der Waals surface area contributed by atoms with E-state index < -0.39 is 5.41 Å². The smallest absolute Gasteiger partial charge is 0.245 e. The van der Waals surface area contributed by atoms with Crippen LogP contribution in [-0.2, 0) is 19.8 Å². The average Bonchev–Trinajstić information content (AvgIpc) is 3.12. The summed E-state index contributed by atoms with van der Waals surface area (Å²) in [6, 6.07) is 9.84. The maximum absolute atomic E-state index is 13.5. The fourth-order valence-electron chi connectivity index (χ4n) is 4.21. The Hall–Kier alpha value is -2.63. The highest BCUT2D eigenvalue weighted by Crippen LogP contribution is 2.37. The van der Waals surface area contributed by atoms with Crippen LogP contribution in [0.4, 0.5) is 0 Å². The van der Waals surface area contributed by atoms with E-state index in [1.165, 1.54) is 6.08 Å². The number of hydrogen-bond donors (Lipinski definition) is 1. The molecule has 0 aliphatic carbocycles. The summed E-state index contributed by atoms with van der Waals surface area (Å²) in [5, 5.41) is 2.93. The predicted octanol–water partition coefficient (Wildman–Crippen LogP) is 1.47. The highest BCUT2D eigenvalue weighted by atomic mass is 16.2. The molecule has 27 heavy (non-hydrogen) atoms. The fourth-order valence-corrected chi connectivity index (χ4v) is 4.21. The molecule has 1 aromatic rings. The number of carbonyl (C=O) groups is 3. The molecule has 6 nitrogen and oxygen atoms in total. The summed E-state index contributed by atoms with van der Waals surface area (Å²) in [5.74, 6) is 0.0153. The van der Waals surface area contributed by atoms with Crippen LogP contribution in [0.5, 0.6) is 0 Å². The number of rotatable bonds is 5. The van der Waals surface area contributed by atoms with Gasteiger partial charge in [-0.1, -0.05) is 36.9 Å². The van der Waals surface area contributed by atoms with Crippen molar-refractivity contribution in [2.45, 2.75) is 37.1 Å². The van der Waals surface area contributed by atoms with Crippen molar-refractivity contribution in [2.75, 3.05) is 26.7 Å². The lowest BCUT2D eigenvalue weighted by atomic mass is 9.71. The largest absolute Gasteiger partial charge is 0.352 e. The lowest BCUT2D eigenvalue weighted by molar-refractivity contribution is -0.141. The normalized spacial score (nSPS) is 21.4. The number of nitrogens with one attached hydrogen (secondary N) is 1. The maximum atomic E-state index is 13.5. The summed E-state index contributed by atoms with van der Waals surface area (Å²) in [7, 11) is 1.80. The number of piperidine rings is 1. The van der Waals surface area contributed by atoms with E-state index in [0.717, 1.165) is 12.0 Å². The Balaban J connectivity index is 1.80. The van der Waals surface area contributed by atoms with E-state index in [2.05, 4.69) is 11.9 Å². The van der Waals surface area contributed by atoms with Crippen molar-refractivity contribution < 1.29 is 14.4 Å². The quantitative estimate of drug-likeness (QED) is 0.799. The van der Waals surface area contributed by atoms with Gasteiger partial charge in [-0.3, -0.25) is 14.4 Å². The lowest BCUT2D eigenvalue weighted by Gasteiger charge is -2.43. The Kier molecular flexibility index (Phi) is 5.63. The molecule has 1 atom stereocenters. The van der Waals surface area contributed by atoms with Gasteiger partial charge in [0.05, 0.1) is 5.41 Å². The highest BCUT2D eigenvalue weighted by molar-refractivity contribution is 5.90. The molecule has 0 aromatic heterocycles. The van der Waals surface area contributed by atoms with E-state index >= 15 is 0 Å². The van der Waals surface area contributed by atoms with Crippen LogP contribution in [0.2, 0.25) is 0 Å². The number of amides is 3. The highest BCUT2D eigenvalue weighted by Gasteiger charge is 2.45. The van der Waals surface area contributed by atoms with E-state index in [0.29, 0.717) is 38.9 Å². The van der Waals surface area contributed by atoms with E-state index in [9.17, 15) is 14.4 Å². The standard InChI is InChI=1S/C21H27N3O3/c1-3-19(26)24-13-11-21(12-14-24,16-7-5-4-6-8-16)20(27)23(2)15-17-9-10-18(25)22-17/h3-8,17H,1,9-15H2,2H3,(H,22,25)/t17-/m0/s1. The van der Waals surface area contributed by atoms with Gasteiger partial charge in [-0.25, -0.2) is 0 Å². The van der Waals surface area contributed by atoms with Gasteiger partial charge in [0.1, 0.15) is 0 Å². The van der Waals surface area contributed by atoms with Gasteiger partial charge in [-0.15, -0.1) is 0 Å². The van der Waals surface area contributed by atoms with E-state index in [1.54, 1.807) is 16.8 Å². The third kappa shape index (κ3) is 3.89. The van der Waals surface area contributed by atoms with Crippen LogP contribution in [0.3, 0.4) is 0 Å². The van der Waals surface area contributed by atoms with E-state index in [1.807, 2.05) is 30.3 Å². The third-order valence-corrected chi connectivity index (χ3v) is 5.76. The topological polar surface area (TPSA) is 69.7 Å². The average molecular weight is 369 g/mol. The number of likely N-dealkylation sites (N-methyl/N-ethyl adjacent to an activating group) is 1. The van der Waals surface area contributed by atoms with Crippen molar-refractivity contribution in [2.24, 2.45) is 0 Å². The number of nitrogens with zero attached hydrogens (tertiary/aromatic N) is 2.